The summed E-state index contributed by atoms with van der Waals surface area (Å²) < 4.78 is 33.3. The lowest BCUT2D eigenvalue weighted by Gasteiger charge is -2.21. The van der Waals surface area contributed by atoms with E-state index in [2.05, 4.69) is 0 Å². The third-order valence-corrected chi connectivity index (χ3v) is 3.33. The zero-order chi connectivity index (χ0) is 15.6. The zero-order valence-electron chi connectivity index (χ0n) is 11.6. The lowest BCUT2D eigenvalue weighted by molar-refractivity contribution is 0.415. The van der Waals surface area contributed by atoms with Gasteiger partial charge < -0.3 is 15.4 Å². The van der Waals surface area contributed by atoms with Crippen molar-refractivity contribution in [3.63, 3.8) is 0 Å². The van der Waals surface area contributed by atoms with E-state index in [-0.39, 0.29) is 16.2 Å². The molecule has 0 aliphatic rings. The molecule has 0 radical (unpaired) electrons. The van der Waals surface area contributed by atoms with Gasteiger partial charge in [-0.05, 0) is 36.4 Å². The first-order valence-corrected chi connectivity index (χ1v) is 6.51. The van der Waals surface area contributed by atoms with Crippen LogP contribution >= 0.6 is 12.2 Å². The van der Waals surface area contributed by atoms with Gasteiger partial charge in [0.1, 0.15) is 16.4 Å². The van der Waals surface area contributed by atoms with E-state index in [1.165, 1.54) is 4.90 Å². The lowest BCUT2D eigenvalue weighted by Crippen LogP contribution is -2.16. The summed E-state index contributed by atoms with van der Waals surface area (Å²) in [5.74, 6) is -0.788. The minimum absolute atomic E-state index is 0.0496. The second-order valence-electron chi connectivity index (χ2n) is 4.41. The van der Waals surface area contributed by atoms with E-state index in [4.69, 9.17) is 22.7 Å². The fourth-order valence-corrected chi connectivity index (χ4v) is 2.08. The Labute approximate surface area is 126 Å². The van der Waals surface area contributed by atoms with Crippen LogP contribution in [0.1, 0.15) is 5.56 Å². The highest BCUT2D eigenvalue weighted by Crippen LogP contribution is 2.30. The fraction of sp³-hybridized carbons (Fsp3) is 0.133. The summed E-state index contributed by atoms with van der Waals surface area (Å²) in [7, 11) is 3.12. The third-order valence-electron chi connectivity index (χ3n) is 3.10. The molecule has 0 saturated carbocycles. The van der Waals surface area contributed by atoms with Crippen molar-refractivity contribution in [2.75, 3.05) is 19.1 Å². The van der Waals surface area contributed by atoms with Crippen molar-refractivity contribution in [2.24, 2.45) is 5.73 Å². The van der Waals surface area contributed by atoms with Gasteiger partial charge in [-0.1, -0.05) is 12.2 Å². The Morgan fingerprint density at radius 1 is 1.14 bits per heavy atom. The average molecular weight is 308 g/mol. The number of rotatable bonds is 4. The quantitative estimate of drug-likeness (QED) is 0.879. The van der Waals surface area contributed by atoms with Crippen molar-refractivity contribution in [3.05, 3.63) is 53.6 Å². The van der Waals surface area contributed by atoms with Gasteiger partial charge in [0, 0.05) is 18.3 Å². The van der Waals surface area contributed by atoms with E-state index in [1.54, 1.807) is 38.4 Å². The summed E-state index contributed by atoms with van der Waals surface area (Å²) in [6, 6.07) is 9.09. The summed E-state index contributed by atoms with van der Waals surface area (Å²) in [5, 5.41) is 0. The largest absolute Gasteiger partial charge is 0.497 e. The van der Waals surface area contributed by atoms with Crippen LogP contribution in [0.25, 0.3) is 0 Å². The maximum absolute atomic E-state index is 14.1. The van der Waals surface area contributed by atoms with Gasteiger partial charge in [0.15, 0.2) is 11.6 Å². The van der Waals surface area contributed by atoms with E-state index in [0.29, 0.717) is 11.4 Å². The molecule has 6 heteroatoms. The van der Waals surface area contributed by atoms with Crippen molar-refractivity contribution in [3.8, 4) is 5.75 Å². The molecule has 0 saturated heterocycles. The lowest BCUT2D eigenvalue weighted by atomic mass is 10.1. The number of ether oxygens (including phenoxy) is 1. The Morgan fingerprint density at radius 3 is 2.10 bits per heavy atom. The molecule has 0 fully saturated rings. The molecular weight excluding hydrogens is 294 g/mol. The van der Waals surface area contributed by atoms with Crippen LogP contribution in [0.15, 0.2) is 36.4 Å². The van der Waals surface area contributed by atoms with E-state index in [0.717, 1.165) is 12.1 Å². The van der Waals surface area contributed by atoms with Crippen molar-refractivity contribution < 1.29 is 13.5 Å². The molecule has 3 nitrogen and oxygen atoms in total. The van der Waals surface area contributed by atoms with E-state index in [9.17, 15) is 8.78 Å². The number of nitrogens with two attached hydrogens (primary N) is 1. The number of anilines is 2. The molecule has 0 spiro atoms. The molecule has 0 aromatic heterocycles. The van der Waals surface area contributed by atoms with Crippen molar-refractivity contribution in [1.29, 1.82) is 0 Å². The highest BCUT2D eigenvalue weighted by molar-refractivity contribution is 7.80. The molecule has 2 aromatic rings. The van der Waals surface area contributed by atoms with Gasteiger partial charge in [0.2, 0.25) is 0 Å². The summed E-state index contributed by atoms with van der Waals surface area (Å²) >= 11 is 4.73. The van der Waals surface area contributed by atoms with Gasteiger partial charge in [-0.3, -0.25) is 0 Å². The summed E-state index contributed by atoms with van der Waals surface area (Å²) in [5.41, 5.74) is 6.01. The van der Waals surface area contributed by atoms with Gasteiger partial charge in [0.05, 0.1) is 7.11 Å². The molecule has 2 rings (SSSR count). The fourth-order valence-electron chi connectivity index (χ4n) is 1.96. The van der Waals surface area contributed by atoms with Gasteiger partial charge in [-0.15, -0.1) is 0 Å². The first-order chi connectivity index (χ1) is 9.93. The van der Waals surface area contributed by atoms with Crippen LogP contribution in [-0.4, -0.2) is 19.1 Å². The first kappa shape index (κ1) is 15.2. The molecule has 2 aromatic carbocycles. The third kappa shape index (κ3) is 3.11. The molecule has 0 aliphatic heterocycles. The highest BCUT2D eigenvalue weighted by Gasteiger charge is 2.17. The predicted octanol–water partition coefficient (Wildman–Crippen LogP) is 3.38. The van der Waals surface area contributed by atoms with Gasteiger partial charge in [-0.25, -0.2) is 8.78 Å². The summed E-state index contributed by atoms with van der Waals surface area (Å²) in [4.78, 5) is 1.36. The van der Waals surface area contributed by atoms with Crippen molar-refractivity contribution in [2.45, 2.75) is 0 Å². The smallest absolute Gasteiger partial charge is 0.150 e. The maximum Gasteiger partial charge on any atom is 0.150 e. The zero-order valence-corrected chi connectivity index (χ0v) is 12.4. The van der Waals surface area contributed by atoms with Crippen molar-refractivity contribution >= 4 is 28.6 Å². The molecule has 0 unspecified atom stereocenters. The SMILES string of the molecule is COc1ccc(N(C)c2c(F)cc(C(N)=S)cc2F)cc1. The molecular formula is C15H14F2N2OS. The van der Waals surface area contributed by atoms with Crippen LogP contribution in [-0.2, 0) is 0 Å². The second-order valence-corrected chi connectivity index (χ2v) is 4.85. The molecule has 0 heterocycles. The predicted molar refractivity (Wildman–Crippen MR) is 83.3 cm³/mol. The normalized spacial score (nSPS) is 10.3. The van der Waals surface area contributed by atoms with E-state index < -0.39 is 11.6 Å². The van der Waals surface area contributed by atoms with Crippen LogP contribution in [0.3, 0.4) is 0 Å². The number of benzene rings is 2. The number of hydrogen-bond donors (Lipinski definition) is 1. The van der Waals surface area contributed by atoms with Crippen LogP contribution < -0.4 is 15.4 Å². The van der Waals surface area contributed by atoms with Gasteiger partial charge >= 0.3 is 0 Å². The van der Waals surface area contributed by atoms with E-state index >= 15 is 0 Å². The number of methoxy groups -OCH3 is 1. The van der Waals surface area contributed by atoms with Gasteiger partial charge in [0.25, 0.3) is 0 Å². The summed E-state index contributed by atoms with van der Waals surface area (Å²) in [6.45, 7) is 0. The number of hydrogen-bond acceptors (Lipinski definition) is 3. The van der Waals surface area contributed by atoms with E-state index in [1.807, 2.05) is 0 Å². The second kappa shape index (κ2) is 6.05. The molecule has 0 bridgehead atoms. The topological polar surface area (TPSA) is 38.5 Å². The molecule has 0 aliphatic carbocycles. The minimum atomic E-state index is -0.726. The van der Waals surface area contributed by atoms with Crippen molar-refractivity contribution in [1.82, 2.24) is 0 Å². The van der Waals surface area contributed by atoms with Gasteiger partial charge in [-0.2, -0.15) is 0 Å². The number of halogens is 2. The minimum Gasteiger partial charge on any atom is -0.497 e. The van der Waals surface area contributed by atoms with Crippen LogP contribution in [0, 0.1) is 11.6 Å². The monoisotopic (exact) mass is 308 g/mol. The average Bonchev–Trinajstić information content (AvgIpc) is 2.46. The standard InChI is InChI=1S/C15H14F2N2OS/c1-19(10-3-5-11(20-2)6-4-10)14-12(16)7-9(15(18)21)8-13(14)17/h3-8H,1-2H3,(H2,18,21). The Hall–Kier alpha value is -2.21. The number of thiocarbonyl (C=S) groups is 1. The molecule has 0 atom stereocenters. The summed E-state index contributed by atoms with van der Waals surface area (Å²) in [6.07, 6.45) is 0. The number of nitrogens with zero attached hydrogens (tertiary/aromatic N) is 1. The maximum atomic E-state index is 14.1. The Bertz CT molecular complexity index is 651. The molecule has 21 heavy (non-hydrogen) atoms. The molecule has 0 amide bonds. The molecule has 110 valence electrons. The Kier molecular flexibility index (Phi) is 4.37. The Balaban J connectivity index is 2.42. The van der Waals surface area contributed by atoms with Crippen LogP contribution in [0.4, 0.5) is 20.2 Å². The Morgan fingerprint density at radius 2 is 1.67 bits per heavy atom. The first-order valence-electron chi connectivity index (χ1n) is 6.10. The van der Waals surface area contributed by atoms with Crippen LogP contribution in [0.5, 0.6) is 5.75 Å². The molecule has 2 N–H and O–H groups in total. The van der Waals surface area contributed by atoms with Crippen LogP contribution in [0.2, 0.25) is 0 Å². The highest BCUT2D eigenvalue weighted by atomic mass is 32.1.